The van der Waals surface area contributed by atoms with E-state index in [0.717, 1.165) is 49.3 Å². The number of para-hydroxylation sites is 1. The van der Waals surface area contributed by atoms with Crippen molar-refractivity contribution in [2.24, 2.45) is 12.5 Å². The SMILES string of the molecule is Cn1nccc1CCC(=O)N1CCC2(CCCN(c3cnccn3)CCN(Cc3ccccc3)C(=O)c3ccccc3OC2)CC1. The third-order valence-electron chi connectivity index (χ3n) is 9.50. The minimum atomic E-state index is -0.110. The maximum absolute atomic E-state index is 14.2. The van der Waals surface area contributed by atoms with E-state index in [0.29, 0.717) is 63.5 Å². The summed E-state index contributed by atoms with van der Waals surface area (Å²) in [6.07, 6.45) is 11.7. The Morgan fingerprint density at radius 2 is 1.70 bits per heavy atom. The molecule has 10 heteroatoms. The molecule has 0 aliphatic carbocycles. The van der Waals surface area contributed by atoms with Gasteiger partial charge in [0.05, 0.1) is 18.4 Å². The highest BCUT2D eigenvalue weighted by molar-refractivity contribution is 5.97. The smallest absolute Gasteiger partial charge is 0.257 e. The first-order valence-electron chi connectivity index (χ1n) is 16.3. The summed E-state index contributed by atoms with van der Waals surface area (Å²) >= 11 is 0. The lowest BCUT2D eigenvalue weighted by molar-refractivity contribution is -0.134. The van der Waals surface area contributed by atoms with Crippen LogP contribution in [0.1, 0.15) is 53.7 Å². The second-order valence-corrected chi connectivity index (χ2v) is 12.5. The second kappa shape index (κ2) is 14.6. The van der Waals surface area contributed by atoms with Crippen molar-refractivity contribution in [3.63, 3.8) is 0 Å². The van der Waals surface area contributed by atoms with E-state index in [1.54, 1.807) is 24.8 Å². The number of carbonyl (C=O) groups is 2. The summed E-state index contributed by atoms with van der Waals surface area (Å²) in [4.78, 5) is 42.5. The topological polar surface area (TPSA) is 96.7 Å². The van der Waals surface area contributed by atoms with Crippen molar-refractivity contribution in [2.45, 2.75) is 45.1 Å². The number of ether oxygens (including phenoxy) is 1. The van der Waals surface area contributed by atoms with Crippen molar-refractivity contribution in [1.82, 2.24) is 29.5 Å². The highest BCUT2D eigenvalue weighted by Crippen LogP contribution is 2.38. The fourth-order valence-corrected chi connectivity index (χ4v) is 6.64. The molecular weight excluding hydrogens is 578 g/mol. The number of fused-ring (bicyclic) bond motifs is 1. The molecule has 0 atom stereocenters. The molecule has 6 rings (SSSR count). The van der Waals surface area contributed by atoms with Crippen molar-refractivity contribution in [3.8, 4) is 5.75 Å². The number of piperidine rings is 1. The molecule has 2 aromatic heterocycles. The zero-order valence-corrected chi connectivity index (χ0v) is 26.6. The predicted molar refractivity (Wildman–Crippen MR) is 176 cm³/mol. The summed E-state index contributed by atoms with van der Waals surface area (Å²) in [5, 5.41) is 4.22. The molecule has 2 aliphatic rings. The van der Waals surface area contributed by atoms with Gasteiger partial charge in [-0.25, -0.2) is 4.98 Å². The number of anilines is 1. The van der Waals surface area contributed by atoms with Gasteiger partial charge in [0.15, 0.2) is 0 Å². The molecule has 0 saturated carbocycles. The molecular formula is C36H43N7O3. The summed E-state index contributed by atoms with van der Waals surface area (Å²) < 4.78 is 8.41. The van der Waals surface area contributed by atoms with Crippen LogP contribution < -0.4 is 9.64 Å². The molecule has 1 spiro atoms. The fraction of sp³-hybridized carbons (Fsp3) is 0.417. The highest BCUT2D eigenvalue weighted by atomic mass is 16.5. The Morgan fingerprint density at radius 3 is 2.46 bits per heavy atom. The lowest BCUT2D eigenvalue weighted by atomic mass is 9.75. The first-order chi connectivity index (χ1) is 22.5. The number of hydrogen-bond acceptors (Lipinski definition) is 7. The van der Waals surface area contributed by atoms with E-state index in [-0.39, 0.29) is 17.2 Å². The van der Waals surface area contributed by atoms with E-state index >= 15 is 0 Å². The fourth-order valence-electron chi connectivity index (χ4n) is 6.64. The van der Waals surface area contributed by atoms with Gasteiger partial charge in [-0.15, -0.1) is 0 Å². The van der Waals surface area contributed by atoms with Crippen molar-refractivity contribution in [1.29, 1.82) is 0 Å². The zero-order valence-electron chi connectivity index (χ0n) is 26.6. The van der Waals surface area contributed by atoms with Crippen LogP contribution in [-0.2, 0) is 24.8 Å². The highest BCUT2D eigenvalue weighted by Gasteiger charge is 2.37. The van der Waals surface area contributed by atoms with Crippen LogP contribution in [0.25, 0.3) is 0 Å². The Morgan fingerprint density at radius 1 is 0.891 bits per heavy atom. The molecule has 4 heterocycles. The van der Waals surface area contributed by atoms with Crippen LogP contribution in [0.2, 0.25) is 0 Å². The van der Waals surface area contributed by atoms with Gasteiger partial charge in [-0.3, -0.25) is 19.3 Å². The summed E-state index contributed by atoms with van der Waals surface area (Å²) in [5.74, 6) is 1.55. The molecule has 1 fully saturated rings. The molecule has 0 N–H and O–H groups in total. The number of nitrogens with zero attached hydrogens (tertiary/aromatic N) is 7. The second-order valence-electron chi connectivity index (χ2n) is 12.5. The van der Waals surface area contributed by atoms with Gasteiger partial charge in [0.25, 0.3) is 5.91 Å². The summed E-state index contributed by atoms with van der Waals surface area (Å²) in [6.45, 7) is 4.34. The average Bonchev–Trinajstić information content (AvgIpc) is 3.52. The maximum atomic E-state index is 14.2. The quantitative estimate of drug-likeness (QED) is 0.306. The van der Waals surface area contributed by atoms with Gasteiger partial charge in [0.1, 0.15) is 11.6 Å². The maximum Gasteiger partial charge on any atom is 0.257 e. The molecule has 2 aliphatic heterocycles. The number of likely N-dealkylation sites (tertiary alicyclic amines) is 1. The van der Waals surface area contributed by atoms with Gasteiger partial charge < -0.3 is 19.4 Å². The molecule has 10 nitrogen and oxygen atoms in total. The third kappa shape index (κ3) is 7.55. The van der Waals surface area contributed by atoms with Gasteiger partial charge in [-0.05, 0) is 55.9 Å². The Labute approximate surface area is 271 Å². The number of carbonyl (C=O) groups excluding carboxylic acids is 2. The van der Waals surface area contributed by atoms with Crippen LogP contribution in [0.5, 0.6) is 5.75 Å². The van der Waals surface area contributed by atoms with Gasteiger partial charge in [-0.1, -0.05) is 42.5 Å². The largest absolute Gasteiger partial charge is 0.492 e. The van der Waals surface area contributed by atoms with E-state index in [2.05, 4.69) is 32.1 Å². The first-order valence-corrected chi connectivity index (χ1v) is 16.3. The van der Waals surface area contributed by atoms with E-state index in [1.807, 2.05) is 70.1 Å². The van der Waals surface area contributed by atoms with Gasteiger partial charge >= 0.3 is 0 Å². The number of benzene rings is 2. The van der Waals surface area contributed by atoms with Gasteiger partial charge in [0, 0.05) is 82.4 Å². The van der Waals surface area contributed by atoms with E-state index in [1.165, 1.54) is 0 Å². The molecule has 0 unspecified atom stereocenters. The Kier molecular flexibility index (Phi) is 9.91. The number of aromatic nitrogens is 4. The number of amides is 2. The van der Waals surface area contributed by atoms with Crippen LogP contribution in [0.4, 0.5) is 5.82 Å². The van der Waals surface area contributed by atoms with Crippen LogP contribution in [-0.4, -0.2) is 80.7 Å². The monoisotopic (exact) mass is 621 g/mol. The molecule has 0 radical (unpaired) electrons. The van der Waals surface area contributed by atoms with E-state index in [9.17, 15) is 9.59 Å². The Bertz CT molecular complexity index is 1590. The van der Waals surface area contributed by atoms with Crippen molar-refractivity contribution in [2.75, 3.05) is 44.2 Å². The van der Waals surface area contributed by atoms with Crippen LogP contribution >= 0.6 is 0 Å². The van der Waals surface area contributed by atoms with Crippen LogP contribution in [0.15, 0.2) is 85.5 Å². The molecule has 46 heavy (non-hydrogen) atoms. The standard InChI is InChI=1S/C36H43N7O3/c1-40-30(14-18-39-40)12-13-34(44)42-22-16-36(17-23-42)15-7-21-41(33-26-37-19-20-38-33)24-25-43(27-29-8-3-2-4-9-29)35(45)31-10-5-6-11-32(31)46-28-36/h2-6,8-11,14,18-20,26H,7,12-13,15-17,21-25,27-28H2,1H3. The lowest BCUT2D eigenvalue weighted by Crippen LogP contribution is -2.46. The number of aryl methyl sites for hydroxylation is 2. The van der Waals surface area contributed by atoms with Crippen molar-refractivity contribution >= 4 is 17.6 Å². The summed E-state index contributed by atoms with van der Waals surface area (Å²) in [7, 11) is 1.91. The molecule has 2 aromatic carbocycles. The van der Waals surface area contributed by atoms with Crippen molar-refractivity contribution < 1.29 is 14.3 Å². The van der Waals surface area contributed by atoms with Crippen LogP contribution in [0.3, 0.4) is 0 Å². The lowest BCUT2D eigenvalue weighted by Gasteiger charge is -2.42. The molecule has 2 amide bonds. The average molecular weight is 622 g/mol. The molecule has 240 valence electrons. The molecule has 1 saturated heterocycles. The van der Waals surface area contributed by atoms with Crippen LogP contribution in [0, 0.1) is 5.41 Å². The van der Waals surface area contributed by atoms with Crippen molar-refractivity contribution in [3.05, 3.63) is 102 Å². The Balaban J connectivity index is 1.22. The molecule has 0 bridgehead atoms. The van der Waals surface area contributed by atoms with E-state index < -0.39 is 0 Å². The van der Waals surface area contributed by atoms with Gasteiger partial charge in [-0.2, -0.15) is 5.10 Å². The summed E-state index contributed by atoms with van der Waals surface area (Å²) in [5.41, 5.74) is 2.60. The predicted octanol–water partition coefficient (Wildman–Crippen LogP) is 4.77. The minimum absolute atomic E-state index is 0.0549. The van der Waals surface area contributed by atoms with E-state index in [4.69, 9.17) is 4.74 Å². The summed E-state index contributed by atoms with van der Waals surface area (Å²) in [6, 6.07) is 19.7. The number of hydrogen-bond donors (Lipinski definition) is 0. The normalized spacial score (nSPS) is 17.4. The van der Waals surface area contributed by atoms with Gasteiger partial charge in [0.2, 0.25) is 5.91 Å². The molecule has 4 aromatic rings. The Hall–Kier alpha value is -4.73. The third-order valence-corrected chi connectivity index (χ3v) is 9.50. The first kappa shape index (κ1) is 31.3. The number of rotatable bonds is 6. The minimum Gasteiger partial charge on any atom is -0.492 e. The zero-order chi connectivity index (χ0) is 31.8.